The summed E-state index contributed by atoms with van der Waals surface area (Å²) in [7, 11) is 0. The first-order valence-corrected chi connectivity index (χ1v) is 9.07. The number of hydrogen-bond donors (Lipinski definition) is 1. The third-order valence-corrected chi connectivity index (χ3v) is 7.70. The van der Waals surface area contributed by atoms with Gasteiger partial charge in [0.25, 0.3) is 0 Å². The van der Waals surface area contributed by atoms with E-state index in [4.69, 9.17) is 6.42 Å². The number of terminal acetylenes is 1. The second-order valence-electron chi connectivity index (χ2n) is 8.32. The second-order valence-corrected chi connectivity index (χ2v) is 8.32. The lowest BCUT2D eigenvalue weighted by Crippen LogP contribution is -2.52. The molecule has 0 aromatic carbocycles. The zero-order valence-corrected chi connectivity index (χ0v) is 14.0. The molecule has 4 aliphatic rings. The van der Waals surface area contributed by atoms with Crippen LogP contribution in [-0.2, 0) is 4.79 Å². The van der Waals surface area contributed by atoms with Gasteiger partial charge in [0.15, 0.2) is 5.78 Å². The molecule has 4 rings (SSSR count). The molecule has 0 amide bonds. The molecule has 4 aliphatic carbocycles. The zero-order valence-electron chi connectivity index (χ0n) is 14.0. The van der Waals surface area contributed by atoms with Gasteiger partial charge in [-0.05, 0) is 62.4 Å². The highest BCUT2D eigenvalue weighted by Crippen LogP contribution is 2.65. The van der Waals surface area contributed by atoms with Crippen molar-refractivity contribution in [3.8, 4) is 12.3 Å². The van der Waals surface area contributed by atoms with E-state index in [9.17, 15) is 9.90 Å². The van der Waals surface area contributed by atoms with Gasteiger partial charge in [0.1, 0.15) is 0 Å². The Labute approximate surface area is 139 Å². The molecule has 0 saturated heterocycles. The standard InChI is InChI=1S/C21H26O2/c1-3-14-5-7-18-17-6-4-15-12-16(23)8-11-21(15,13-22)19(17)9-10-20(14,18)2/h1,5,12,17-19,22H,4,6-11,13H2,2H3. The van der Waals surface area contributed by atoms with Crippen molar-refractivity contribution in [3.63, 3.8) is 0 Å². The fraction of sp³-hybridized carbons (Fsp3) is 0.667. The smallest absolute Gasteiger partial charge is 0.155 e. The van der Waals surface area contributed by atoms with Gasteiger partial charge in [-0.3, -0.25) is 4.79 Å². The minimum absolute atomic E-state index is 0.128. The summed E-state index contributed by atoms with van der Waals surface area (Å²) in [6.07, 6.45) is 16.8. The molecule has 2 fully saturated rings. The Kier molecular flexibility index (Phi) is 3.36. The topological polar surface area (TPSA) is 37.3 Å². The van der Waals surface area contributed by atoms with E-state index in [0.717, 1.165) is 38.5 Å². The molecule has 5 unspecified atom stereocenters. The number of allylic oxidation sites excluding steroid dienone is 3. The van der Waals surface area contributed by atoms with Crippen LogP contribution in [0, 0.1) is 40.9 Å². The predicted octanol–water partition coefficient (Wildman–Crippen LogP) is 3.66. The van der Waals surface area contributed by atoms with Crippen molar-refractivity contribution in [3.05, 3.63) is 23.3 Å². The number of carbonyl (C=O) groups is 1. The van der Waals surface area contributed by atoms with Gasteiger partial charge in [-0.25, -0.2) is 0 Å². The molecule has 0 bridgehead atoms. The summed E-state index contributed by atoms with van der Waals surface area (Å²) >= 11 is 0. The van der Waals surface area contributed by atoms with Gasteiger partial charge in [-0.2, -0.15) is 0 Å². The van der Waals surface area contributed by atoms with Crippen molar-refractivity contribution in [1.29, 1.82) is 0 Å². The van der Waals surface area contributed by atoms with Crippen LogP contribution in [0.25, 0.3) is 0 Å². The van der Waals surface area contributed by atoms with Gasteiger partial charge in [0, 0.05) is 22.8 Å². The molecule has 23 heavy (non-hydrogen) atoms. The van der Waals surface area contributed by atoms with Crippen LogP contribution in [0.2, 0.25) is 0 Å². The van der Waals surface area contributed by atoms with Crippen molar-refractivity contribution in [2.75, 3.05) is 6.61 Å². The number of aliphatic hydroxyl groups is 1. The maximum Gasteiger partial charge on any atom is 0.155 e. The van der Waals surface area contributed by atoms with E-state index < -0.39 is 0 Å². The summed E-state index contributed by atoms with van der Waals surface area (Å²) in [5, 5.41) is 10.3. The summed E-state index contributed by atoms with van der Waals surface area (Å²) in [6.45, 7) is 2.56. The molecular formula is C21H26O2. The number of fused-ring (bicyclic) bond motifs is 5. The third kappa shape index (κ3) is 1.89. The first-order chi connectivity index (χ1) is 11.0. The van der Waals surface area contributed by atoms with E-state index >= 15 is 0 Å². The zero-order chi connectivity index (χ0) is 16.2. The first kappa shape index (κ1) is 15.2. The summed E-state index contributed by atoms with van der Waals surface area (Å²) in [4.78, 5) is 11.9. The van der Waals surface area contributed by atoms with Crippen LogP contribution in [0.5, 0.6) is 0 Å². The lowest BCUT2D eigenvalue weighted by molar-refractivity contribution is -0.118. The van der Waals surface area contributed by atoms with E-state index in [1.165, 1.54) is 11.1 Å². The van der Waals surface area contributed by atoms with E-state index in [1.807, 2.05) is 6.08 Å². The minimum atomic E-state index is -0.128. The fourth-order valence-corrected chi connectivity index (χ4v) is 6.45. The van der Waals surface area contributed by atoms with Crippen LogP contribution in [-0.4, -0.2) is 17.5 Å². The largest absolute Gasteiger partial charge is 0.395 e. The normalized spacial score (nSPS) is 45.3. The quantitative estimate of drug-likeness (QED) is 0.751. The van der Waals surface area contributed by atoms with Gasteiger partial charge in [-0.1, -0.05) is 24.5 Å². The SMILES string of the molecule is C#CC1=CCC2C3CCC4=CC(=O)CCC4(CO)C3CCC12C. The van der Waals surface area contributed by atoms with Crippen LogP contribution in [0.3, 0.4) is 0 Å². The molecule has 2 nitrogen and oxygen atoms in total. The van der Waals surface area contributed by atoms with Crippen molar-refractivity contribution < 1.29 is 9.90 Å². The molecule has 0 aromatic rings. The average Bonchev–Trinajstić information content (AvgIpc) is 2.90. The van der Waals surface area contributed by atoms with Gasteiger partial charge < -0.3 is 5.11 Å². The Balaban J connectivity index is 1.71. The number of ketones is 1. The van der Waals surface area contributed by atoms with Gasteiger partial charge in [0.05, 0.1) is 6.61 Å². The first-order valence-electron chi connectivity index (χ1n) is 9.07. The monoisotopic (exact) mass is 310 g/mol. The van der Waals surface area contributed by atoms with Gasteiger partial charge in [-0.15, -0.1) is 6.42 Å². The number of aliphatic hydroxyl groups excluding tert-OH is 1. The van der Waals surface area contributed by atoms with E-state index in [1.54, 1.807) is 0 Å². The van der Waals surface area contributed by atoms with E-state index in [0.29, 0.717) is 24.2 Å². The van der Waals surface area contributed by atoms with Crippen molar-refractivity contribution in [1.82, 2.24) is 0 Å². The maximum atomic E-state index is 11.9. The highest BCUT2D eigenvalue weighted by molar-refractivity contribution is 5.91. The molecular weight excluding hydrogens is 284 g/mol. The molecule has 5 atom stereocenters. The molecule has 122 valence electrons. The Morgan fingerprint density at radius 2 is 2.13 bits per heavy atom. The fourth-order valence-electron chi connectivity index (χ4n) is 6.45. The van der Waals surface area contributed by atoms with Gasteiger partial charge in [0.2, 0.25) is 0 Å². The van der Waals surface area contributed by atoms with Crippen molar-refractivity contribution in [2.45, 2.75) is 51.9 Å². The average molecular weight is 310 g/mol. The summed E-state index contributed by atoms with van der Waals surface area (Å²) in [5.74, 6) is 4.96. The molecule has 0 aliphatic heterocycles. The molecule has 0 spiro atoms. The summed E-state index contributed by atoms with van der Waals surface area (Å²) in [5.41, 5.74) is 2.48. The van der Waals surface area contributed by atoms with Crippen molar-refractivity contribution in [2.24, 2.45) is 28.6 Å². The maximum absolute atomic E-state index is 11.9. The predicted molar refractivity (Wildman–Crippen MR) is 90.4 cm³/mol. The van der Waals surface area contributed by atoms with Crippen LogP contribution in [0.4, 0.5) is 0 Å². The molecule has 2 heteroatoms. The second kappa shape index (κ2) is 5.08. The van der Waals surface area contributed by atoms with Crippen LogP contribution in [0.1, 0.15) is 51.9 Å². The number of hydrogen-bond acceptors (Lipinski definition) is 2. The van der Waals surface area contributed by atoms with Crippen molar-refractivity contribution >= 4 is 5.78 Å². The summed E-state index contributed by atoms with van der Waals surface area (Å²) < 4.78 is 0. The van der Waals surface area contributed by atoms with E-state index in [-0.39, 0.29) is 23.2 Å². The molecule has 0 radical (unpaired) electrons. The number of rotatable bonds is 1. The molecule has 0 heterocycles. The minimum Gasteiger partial charge on any atom is -0.395 e. The number of carbonyl (C=O) groups excluding carboxylic acids is 1. The lowest BCUT2D eigenvalue weighted by Gasteiger charge is -2.58. The van der Waals surface area contributed by atoms with Gasteiger partial charge >= 0.3 is 0 Å². The Hall–Kier alpha value is -1.33. The molecule has 0 aromatic heterocycles. The van der Waals surface area contributed by atoms with E-state index in [2.05, 4.69) is 18.9 Å². The third-order valence-electron chi connectivity index (χ3n) is 7.70. The highest BCUT2D eigenvalue weighted by atomic mass is 16.3. The Morgan fingerprint density at radius 3 is 2.87 bits per heavy atom. The molecule has 2 saturated carbocycles. The summed E-state index contributed by atoms with van der Waals surface area (Å²) in [6, 6.07) is 0. The van der Waals surface area contributed by atoms with Crippen LogP contribution < -0.4 is 0 Å². The highest BCUT2D eigenvalue weighted by Gasteiger charge is 2.58. The Bertz CT molecular complexity index is 649. The molecule has 1 N–H and O–H groups in total. The van der Waals surface area contributed by atoms with Crippen LogP contribution in [0.15, 0.2) is 23.3 Å². The Morgan fingerprint density at radius 1 is 1.30 bits per heavy atom. The lowest BCUT2D eigenvalue weighted by atomic mass is 9.46. The van der Waals surface area contributed by atoms with Crippen LogP contribution >= 0.6 is 0 Å².